The summed E-state index contributed by atoms with van der Waals surface area (Å²) in [7, 11) is -3.70. The van der Waals surface area contributed by atoms with Crippen LogP contribution in [-0.2, 0) is 14.3 Å². The number of allylic oxidation sites excluding steroid dienone is 4. The zero-order chi connectivity index (χ0) is 19.3. The van der Waals surface area contributed by atoms with E-state index in [0.29, 0.717) is 6.42 Å². The summed E-state index contributed by atoms with van der Waals surface area (Å²) in [6.07, 6.45) is 13.6. The molecular weight excluding hydrogens is 344 g/mol. The number of hydrogen-bond acceptors (Lipinski definition) is 3. The molecule has 4 heteroatoms. The molecule has 0 N–H and O–H groups in total. The fourth-order valence-corrected chi connectivity index (χ4v) is 3.62. The van der Waals surface area contributed by atoms with Gasteiger partial charge in [0.05, 0.1) is 11.5 Å². The highest BCUT2D eigenvalue weighted by Gasteiger charge is 2.15. The van der Waals surface area contributed by atoms with Gasteiger partial charge in [0.15, 0.2) is 0 Å². The minimum Gasteiger partial charge on any atom is -0.266 e. The molecule has 0 aliphatic heterocycles. The number of rotatable bonds is 14. The molecule has 1 atom stereocenters. The topological polar surface area (TPSA) is 43.4 Å². The highest BCUT2D eigenvalue weighted by atomic mass is 32.2. The zero-order valence-electron chi connectivity index (χ0n) is 15.9. The van der Waals surface area contributed by atoms with Crippen LogP contribution in [0, 0.1) is 5.92 Å². The first-order valence-corrected chi connectivity index (χ1v) is 10.8. The molecule has 0 fully saturated rings. The van der Waals surface area contributed by atoms with E-state index in [1.807, 2.05) is 12.2 Å². The molecule has 0 amide bonds. The lowest BCUT2D eigenvalue weighted by molar-refractivity contribution is 0.303. The molecule has 0 bridgehead atoms. The van der Waals surface area contributed by atoms with E-state index in [2.05, 4.69) is 26.2 Å². The average Bonchev–Trinajstić information content (AvgIpc) is 2.66. The van der Waals surface area contributed by atoms with Crippen molar-refractivity contribution in [1.29, 1.82) is 0 Å². The van der Waals surface area contributed by atoms with Gasteiger partial charge in [0.2, 0.25) is 0 Å². The summed E-state index contributed by atoms with van der Waals surface area (Å²) >= 11 is 0. The van der Waals surface area contributed by atoms with Gasteiger partial charge in [-0.1, -0.05) is 81.2 Å². The summed E-state index contributed by atoms with van der Waals surface area (Å²) in [6, 6.07) is 8.21. The quantitative estimate of drug-likeness (QED) is 0.172. The van der Waals surface area contributed by atoms with Gasteiger partial charge in [-0.2, -0.15) is 8.42 Å². The second-order valence-corrected chi connectivity index (χ2v) is 8.00. The predicted octanol–water partition coefficient (Wildman–Crippen LogP) is 6.06. The fourth-order valence-electron chi connectivity index (χ4n) is 2.68. The lowest BCUT2D eigenvalue weighted by Crippen LogP contribution is -2.09. The van der Waals surface area contributed by atoms with Crippen molar-refractivity contribution in [2.24, 2.45) is 5.92 Å². The Hall–Kier alpha value is -1.65. The van der Waals surface area contributed by atoms with Gasteiger partial charge in [-0.25, -0.2) is 0 Å². The third-order valence-electron chi connectivity index (χ3n) is 4.28. The Kier molecular flexibility index (Phi) is 10.9. The molecule has 0 radical (unpaired) electrons. The lowest BCUT2D eigenvalue weighted by atomic mass is 9.98. The molecule has 0 saturated carbocycles. The van der Waals surface area contributed by atoms with E-state index >= 15 is 0 Å². The summed E-state index contributed by atoms with van der Waals surface area (Å²) in [5.41, 5.74) is 1.19. The van der Waals surface area contributed by atoms with Gasteiger partial charge in [0, 0.05) is 0 Å². The van der Waals surface area contributed by atoms with E-state index in [1.54, 1.807) is 18.2 Å². The van der Waals surface area contributed by atoms with E-state index < -0.39 is 10.1 Å². The Morgan fingerprint density at radius 2 is 1.81 bits per heavy atom. The molecule has 1 unspecified atom stereocenters. The molecule has 0 saturated heterocycles. The molecule has 0 aromatic heterocycles. The van der Waals surface area contributed by atoms with Crippen LogP contribution in [0.4, 0.5) is 0 Å². The molecular formula is C22H32O3S. The van der Waals surface area contributed by atoms with E-state index in [-0.39, 0.29) is 17.4 Å². The molecule has 1 rings (SSSR count). The summed E-state index contributed by atoms with van der Waals surface area (Å²) in [4.78, 5) is 0.185. The van der Waals surface area contributed by atoms with E-state index in [9.17, 15) is 8.42 Å². The Bertz CT molecular complexity index is 660. The standard InChI is InChI=1S/C22H32O3S/c1-4-7-8-9-11-14-20(5-2)19-21(6-3)17-18-25-26(23,24)22-15-12-10-13-16-22/h5-6,10,12-13,15-16,19,21H,2-4,7-9,11,14,17-18H2,1H3. The SMILES string of the molecule is C=CC(=CC(C=C)CCOS(=O)(=O)c1ccccc1)CCCCCCC. The third kappa shape index (κ3) is 8.63. The molecule has 144 valence electrons. The largest absolute Gasteiger partial charge is 0.296 e. The summed E-state index contributed by atoms with van der Waals surface area (Å²) < 4.78 is 29.4. The molecule has 0 heterocycles. The van der Waals surface area contributed by atoms with Gasteiger partial charge in [0.1, 0.15) is 0 Å². The van der Waals surface area contributed by atoms with Crippen molar-refractivity contribution in [3.8, 4) is 0 Å². The predicted molar refractivity (Wildman–Crippen MR) is 110 cm³/mol. The second kappa shape index (κ2) is 12.7. The zero-order valence-corrected chi connectivity index (χ0v) is 16.7. The second-order valence-electron chi connectivity index (χ2n) is 6.39. The van der Waals surface area contributed by atoms with Crippen LogP contribution >= 0.6 is 0 Å². The molecule has 26 heavy (non-hydrogen) atoms. The molecule has 3 nitrogen and oxygen atoms in total. The van der Waals surface area contributed by atoms with Crippen molar-refractivity contribution in [2.75, 3.05) is 6.61 Å². The van der Waals surface area contributed by atoms with Crippen molar-refractivity contribution in [3.63, 3.8) is 0 Å². The first-order chi connectivity index (χ1) is 12.5. The van der Waals surface area contributed by atoms with E-state index in [4.69, 9.17) is 4.18 Å². The van der Waals surface area contributed by atoms with Crippen molar-refractivity contribution < 1.29 is 12.6 Å². The number of unbranched alkanes of at least 4 members (excludes halogenated alkanes) is 4. The van der Waals surface area contributed by atoms with Gasteiger partial charge >= 0.3 is 0 Å². The van der Waals surface area contributed by atoms with Gasteiger partial charge < -0.3 is 0 Å². The van der Waals surface area contributed by atoms with Gasteiger partial charge in [-0.3, -0.25) is 4.18 Å². The van der Waals surface area contributed by atoms with Crippen molar-refractivity contribution in [1.82, 2.24) is 0 Å². The van der Waals surface area contributed by atoms with Crippen molar-refractivity contribution >= 4 is 10.1 Å². The summed E-state index contributed by atoms with van der Waals surface area (Å²) in [5, 5.41) is 0. The van der Waals surface area contributed by atoms with Crippen LogP contribution in [0.1, 0.15) is 51.9 Å². The Morgan fingerprint density at radius 3 is 2.42 bits per heavy atom. The highest BCUT2D eigenvalue weighted by molar-refractivity contribution is 7.86. The number of hydrogen-bond donors (Lipinski definition) is 0. The maximum atomic E-state index is 12.1. The van der Waals surface area contributed by atoms with Crippen LogP contribution in [0.25, 0.3) is 0 Å². The molecule has 1 aromatic carbocycles. The fraction of sp³-hybridized carbons (Fsp3) is 0.455. The van der Waals surface area contributed by atoms with Crippen LogP contribution in [0.15, 0.2) is 72.2 Å². The Labute approximate surface area is 159 Å². The highest BCUT2D eigenvalue weighted by Crippen LogP contribution is 2.18. The Morgan fingerprint density at radius 1 is 1.12 bits per heavy atom. The third-order valence-corrected chi connectivity index (χ3v) is 5.61. The van der Waals surface area contributed by atoms with Gasteiger partial charge in [-0.15, -0.1) is 6.58 Å². The van der Waals surface area contributed by atoms with E-state index in [0.717, 1.165) is 12.8 Å². The first-order valence-electron chi connectivity index (χ1n) is 9.43. The van der Waals surface area contributed by atoms with Gasteiger partial charge in [0.25, 0.3) is 10.1 Å². The average molecular weight is 377 g/mol. The maximum absolute atomic E-state index is 12.1. The Balaban J connectivity index is 2.49. The van der Waals surface area contributed by atoms with Crippen LogP contribution in [0.3, 0.4) is 0 Å². The van der Waals surface area contributed by atoms with Crippen molar-refractivity contribution in [3.05, 3.63) is 67.3 Å². The molecule has 0 aliphatic carbocycles. The maximum Gasteiger partial charge on any atom is 0.296 e. The number of benzene rings is 1. The van der Waals surface area contributed by atoms with Crippen molar-refractivity contribution in [2.45, 2.75) is 56.8 Å². The molecule has 0 aliphatic rings. The first kappa shape index (κ1) is 22.4. The lowest BCUT2D eigenvalue weighted by Gasteiger charge is -2.11. The minimum atomic E-state index is -3.70. The van der Waals surface area contributed by atoms with Crippen LogP contribution in [-0.4, -0.2) is 15.0 Å². The van der Waals surface area contributed by atoms with Crippen LogP contribution in [0.5, 0.6) is 0 Å². The van der Waals surface area contributed by atoms with Gasteiger partial charge in [-0.05, 0) is 37.3 Å². The van der Waals surface area contributed by atoms with Crippen LogP contribution < -0.4 is 0 Å². The normalized spacial score (nSPS) is 13.3. The smallest absolute Gasteiger partial charge is 0.266 e. The molecule has 1 aromatic rings. The summed E-state index contributed by atoms with van der Waals surface area (Å²) in [6.45, 7) is 10.1. The molecule has 0 spiro atoms. The minimum absolute atomic E-state index is 0.0737. The summed E-state index contributed by atoms with van der Waals surface area (Å²) in [5.74, 6) is 0.0737. The van der Waals surface area contributed by atoms with E-state index in [1.165, 1.54) is 43.4 Å². The van der Waals surface area contributed by atoms with Crippen LogP contribution in [0.2, 0.25) is 0 Å². The monoisotopic (exact) mass is 376 g/mol.